The van der Waals surface area contributed by atoms with E-state index in [1.54, 1.807) is 33.2 Å². The molecule has 80 valence electrons. The van der Waals surface area contributed by atoms with E-state index in [0.29, 0.717) is 11.1 Å². The molecule has 0 aliphatic carbocycles. The largest absolute Gasteiger partial charge is 0.345 e. The van der Waals surface area contributed by atoms with Crippen LogP contribution < -0.4 is 0 Å². The topological polar surface area (TPSA) is 20.3 Å². The first kappa shape index (κ1) is 11.4. The fourth-order valence-electron chi connectivity index (χ4n) is 1.27. The molecule has 0 aliphatic heterocycles. The molecular weight excluding hydrogens is 193 g/mol. The Morgan fingerprint density at radius 3 is 2.33 bits per heavy atom. The van der Waals surface area contributed by atoms with Gasteiger partial charge in [-0.3, -0.25) is 4.79 Å². The average Bonchev–Trinajstić information content (AvgIpc) is 2.16. The van der Waals surface area contributed by atoms with Crippen LogP contribution in [0, 0.1) is 5.82 Å². The Morgan fingerprint density at radius 2 is 1.87 bits per heavy atom. The summed E-state index contributed by atoms with van der Waals surface area (Å²) in [6.45, 7) is 5.38. The summed E-state index contributed by atoms with van der Waals surface area (Å²) in [7, 11) is 3.18. The second-order valence-electron chi connectivity index (χ2n) is 3.65. The van der Waals surface area contributed by atoms with Crippen molar-refractivity contribution in [2.45, 2.75) is 6.92 Å². The van der Waals surface area contributed by atoms with Crippen molar-refractivity contribution in [3.05, 3.63) is 41.7 Å². The fraction of sp³-hybridized carbons (Fsp3) is 0.250. The summed E-state index contributed by atoms with van der Waals surface area (Å²) in [5.41, 5.74) is 1.09. The molecule has 1 aromatic rings. The zero-order valence-electron chi connectivity index (χ0n) is 9.17. The highest BCUT2D eigenvalue weighted by Gasteiger charge is 2.16. The number of hydrogen-bond acceptors (Lipinski definition) is 1. The van der Waals surface area contributed by atoms with E-state index in [1.807, 2.05) is 0 Å². The van der Waals surface area contributed by atoms with Crippen LogP contribution in [0.3, 0.4) is 0 Å². The number of carbonyl (C=O) groups excluding carboxylic acids is 1. The van der Waals surface area contributed by atoms with E-state index < -0.39 is 5.82 Å². The predicted octanol–water partition coefficient (Wildman–Crippen LogP) is 2.56. The maximum absolute atomic E-state index is 13.8. The number of rotatable bonds is 2. The van der Waals surface area contributed by atoms with Gasteiger partial charge in [0.25, 0.3) is 5.91 Å². The highest BCUT2D eigenvalue weighted by molar-refractivity contribution is 5.95. The van der Waals surface area contributed by atoms with Crippen LogP contribution in [-0.4, -0.2) is 24.9 Å². The molecule has 0 aliphatic rings. The fourth-order valence-corrected chi connectivity index (χ4v) is 1.27. The number of hydrogen-bond donors (Lipinski definition) is 0. The summed E-state index contributed by atoms with van der Waals surface area (Å²) in [5, 5.41) is 0. The van der Waals surface area contributed by atoms with E-state index in [4.69, 9.17) is 0 Å². The van der Waals surface area contributed by atoms with Crippen molar-refractivity contribution in [2.24, 2.45) is 0 Å². The molecule has 0 N–H and O–H groups in total. The third-order valence-corrected chi connectivity index (χ3v) is 2.10. The van der Waals surface area contributed by atoms with Crippen molar-refractivity contribution in [1.29, 1.82) is 0 Å². The van der Waals surface area contributed by atoms with E-state index in [2.05, 4.69) is 6.58 Å². The predicted molar refractivity (Wildman–Crippen MR) is 59.1 cm³/mol. The summed E-state index contributed by atoms with van der Waals surface area (Å²) >= 11 is 0. The smallest absolute Gasteiger partial charge is 0.256 e. The summed E-state index contributed by atoms with van der Waals surface area (Å²) in [6, 6.07) is 4.75. The standard InChI is InChI=1S/C12H14FNO/c1-8(2)9-6-5-7-10(11(9)13)12(15)14(3)4/h5-7H,1H2,2-4H3. The quantitative estimate of drug-likeness (QED) is 0.729. The highest BCUT2D eigenvalue weighted by atomic mass is 19.1. The van der Waals surface area contributed by atoms with Gasteiger partial charge >= 0.3 is 0 Å². The van der Waals surface area contributed by atoms with Crippen molar-refractivity contribution in [3.8, 4) is 0 Å². The first-order chi connectivity index (χ1) is 6.95. The van der Waals surface area contributed by atoms with Crippen LogP contribution in [0.4, 0.5) is 4.39 Å². The molecule has 1 amide bonds. The minimum atomic E-state index is -0.497. The van der Waals surface area contributed by atoms with Gasteiger partial charge in [0.05, 0.1) is 5.56 Å². The van der Waals surface area contributed by atoms with Gasteiger partial charge in [0.2, 0.25) is 0 Å². The molecular formula is C12H14FNO. The molecule has 0 unspecified atom stereocenters. The van der Waals surface area contributed by atoms with Crippen LogP contribution in [0.15, 0.2) is 24.8 Å². The number of nitrogens with zero attached hydrogens (tertiary/aromatic N) is 1. The van der Waals surface area contributed by atoms with Gasteiger partial charge < -0.3 is 4.90 Å². The Kier molecular flexibility index (Phi) is 3.24. The highest BCUT2D eigenvalue weighted by Crippen LogP contribution is 2.19. The number of carbonyl (C=O) groups is 1. The van der Waals surface area contributed by atoms with Crippen LogP contribution in [0.2, 0.25) is 0 Å². The second kappa shape index (κ2) is 4.26. The van der Waals surface area contributed by atoms with Gasteiger partial charge in [0.1, 0.15) is 5.82 Å². The van der Waals surface area contributed by atoms with E-state index in [9.17, 15) is 9.18 Å². The summed E-state index contributed by atoms with van der Waals surface area (Å²) in [4.78, 5) is 12.9. The van der Waals surface area contributed by atoms with Crippen LogP contribution in [0.1, 0.15) is 22.8 Å². The molecule has 0 atom stereocenters. The number of allylic oxidation sites excluding steroid dienone is 1. The molecule has 0 aromatic heterocycles. The molecule has 1 rings (SSSR count). The average molecular weight is 207 g/mol. The molecule has 0 bridgehead atoms. The summed E-state index contributed by atoms with van der Waals surface area (Å²) in [5.74, 6) is -0.834. The Hall–Kier alpha value is -1.64. The second-order valence-corrected chi connectivity index (χ2v) is 3.65. The van der Waals surface area contributed by atoms with Crippen molar-refractivity contribution >= 4 is 11.5 Å². The van der Waals surface area contributed by atoms with Gasteiger partial charge in [-0.25, -0.2) is 4.39 Å². The Bertz CT molecular complexity index is 410. The minimum Gasteiger partial charge on any atom is -0.345 e. The summed E-state index contributed by atoms with van der Waals surface area (Å²) < 4.78 is 13.8. The van der Waals surface area contributed by atoms with Crippen LogP contribution >= 0.6 is 0 Å². The number of amides is 1. The van der Waals surface area contributed by atoms with Crippen molar-refractivity contribution in [2.75, 3.05) is 14.1 Å². The van der Waals surface area contributed by atoms with Crippen molar-refractivity contribution < 1.29 is 9.18 Å². The van der Waals surface area contributed by atoms with Crippen molar-refractivity contribution in [1.82, 2.24) is 4.90 Å². The Labute approximate surface area is 89.0 Å². The molecule has 0 heterocycles. The lowest BCUT2D eigenvalue weighted by atomic mass is 10.0. The molecule has 0 saturated carbocycles. The molecule has 1 aromatic carbocycles. The van der Waals surface area contributed by atoms with E-state index in [0.717, 1.165) is 0 Å². The maximum Gasteiger partial charge on any atom is 0.256 e. The molecule has 0 spiro atoms. The van der Waals surface area contributed by atoms with Gasteiger partial charge in [0.15, 0.2) is 0 Å². The number of benzene rings is 1. The van der Waals surface area contributed by atoms with Gasteiger partial charge in [-0.05, 0) is 18.6 Å². The zero-order chi connectivity index (χ0) is 11.6. The third-order valence-electron chi connectivity index (χ3n) is 2.10. The molecule has 0 saturated heterocycles. The monoisotopic (exact) mass is 207 g/mol. The van der Waals surface area contributed by atoms with Crippen molar-refractivity contribution in [3.63, 3.8) is 0 Å². The first-order valence-electron chi connectivity index (χ1n) is 4.61. The lowest BCUT2D eigenvalue weighted by Gasteiger charge is -2.12. The van der Waals surface area contributed by atoms with Gasteiger partial charge in [-0.15, -0.1) is 0 Å². The van der Waals surface area contributed by atoms with E-state index in [1.165, 1.54) is 11.0 Å². The van der Waals surface area contributed by atoms with E-state index in [-0.39, 0.29) is 11.5 Å². The minimum absolute atomic E-state index is 0.0838. The van der Waals surface area contributed by atoms with Gasteiger partial charge in [0, 0.05) is 19.7 Å². The Balaban J connectivity index is 3.27. The van der Waals surface area contributed by atoms with Gasteiger partial charge in [-0.2, -0.15) is 0 Å². The zero-order valence-corrected chi connectivity index (χ0v) is 9.17. The SMILES string of the molecule is C=C(C)c1cccc(C(=O)N(C)C)c1F. The number of halogens is 1. The maximum atomic E-state index is 13.8. The first-order valence-corrected chi connectivity index (χ1v) is 4.61. The van der Waals surface area contributed by atoms with Crippen LogP contribution in [0.5, 0.6) is 0 Å². The third kappa shape index (κ3) is 2.24. The molecule has 15 heavy (non-hydrogen) atoms. The van der Waals surface area contributed by atoms with Crippen LogP contribution in [0.25, 0.3) is 5.57 Å². The summed E-state index contributed by atoms with van der Waals surface area (Å²) in [6.07, 6.45) is 0. The molecule has 2 nitrogen and oxygen atoms in total. The van der Waals surface area contributed by atoms with Crippen LogP contribution in [-0.2, 0) is 0 Å². The van der Waals surface area contributed by atoms with Gasteiger partial charge in [-0.1, -0.05) is 18.7 Å². The molecule has 3 heteroatoms. The Morgan fingerprint density at radius 1 is 1.33 bits per heavy atom. The molecule has 0 fully saturated rings. The van der Waals surface area contributed by atoms with E-state index >= 15 is 0 Å². The lowest BCUT2D eigenvalue weighted by Crippen LogP contribution is -2.23. The lowest BCUT2D eigenvalue weighted by molar-refractivity contribution is 0.0823. The normalized spacial score (nSPS) is 9.87. The molecule has 0 radical (unpaired) electrons.